The van der Waals surface area contributed by atoms with E-state index in [0.717, 1.165) is 18.4 Å². The van der Waals surface area contributed by atoms with Gasteiger partial charge < -0.3 is 10.1 Å². The smallest absolute Gasteiger partial charge is 0.321 e. The molecule has 1 aromatic carbocycles. The van der Waals surface area contributed by atoms with Crippen LogP contribution in [0.25, 0.3) is 0 Å². The summed E-state index contributed by atoms with van der Waals surface area (Å²) in [6, 6.07) is 8.71. The van der Waals surface area contributed by atoms with Crippen molar-refractivity contribution in [3.8, 4) is 0 Å². The monoisotopic (exact) mass is 330 g/mol. The average Bonchev–Trinajstić information content (AvgIpc) is 3.06. The van der Waals surface area contributed by atoms with Gasteiger partial charge in [-0.2, -0.15) is 0 Å². The van der Waals surface area contributed by atoms with Crippen LogP contribution in [0.1, 0.15) is 31.7 Å². The van der Waals surface area contributed by atoms with E-state index in [1.54, 1.807) is 0 Å². The molecule has 0 bridgehead atoms. The van der Waals surface area contributed by atoms with Gasteiger partial charge in [0.2, 0.25) is 0 Å². The van der Waals surface area contributed by atoms with Gasteiger partial charge in [0.25, 0.3) is 5.91 Å². The predicted octanol–water partition coefficient (Wildman–Crippen LogP) is 2.30. The van der Waals surface area contributed by atoms with Crippen LogP contribution >= 0.6 is 0 Å². The first-order valence-electron chi connectivity index (χ1n) is 8.03. The lowest BCUT2D eigenvalue weighted by molar-refractivity contribution is -0.155. The molecule has 1 aromatic rings. The second-order valence-corrected chi connectivity index (χ2v) is 5.76. The molecule has 128 valence electrons. The van der Waals surface area contributed by atoms with Crippen molar-refractivity contribution in [2.45, 2.75) is 38.8 Å². The van der Waals surface area contributed by atoms with Gasteiger partial charge in [-0.05, 0) is 31.2 Å². The number of esters is 1. The molecule has 2 rings (SSSR count). The van der Waals surface area contributed by atoms with Crippen molar-refractivity contribution in [1.82, 2.24) is 10.6 Å². The van der Waals surface area contributed by atoms with Crippen molar-refractivity contribution in [2.75, 3.05) is 0 Å². The highest BCUT2D eigenvalue weighted by molar-refractivity contribution is 5.97. The number of allylic oxidation sites excluding steroid dienone is 2. The molecule has 2 N–H and O–H groups in total. The Morgan fingerprint density at radius 2 is 2.00 bits per heavy atom. The molecule has 2 atom stereocenters. The van der Waals surface area contributed by atoms with Gasteiger partial charge in [-0.15, -0.1) is 0 Å². The third-order valence-electron chi connectivity index (χ3n) is 3.75. The standard InChI is InChI=1S/C18H22N2O4/c1-13(24-16(21)11-14-7-5-6-8-14)17(22)20-18(23)19-12-15-9-3-2-4-10-15/h2-5,7,9-10,13-14H,6,8,11-12H2,1H3,(H2,19,20,22,23)/t13-,14+/m0/s1. The fourth-order valence-corrected chi connectivity index (χ4v) is 2.41. The molecule has 1 aliphatic rings. The molecule has 0 radical (unpaired) electrons. The summed E-state index contributed by atoms with van der Waals surface area (Å²) in [4.78, 5) is 35.4. The molecule has 0 unspecified atom stereocenters. The number of hydrogen-bond acceptors (Lipinski definition) is 4. The van der Waals surface area contributed by atoms with E-state index in [9.17, 15) is 14.4 Å². The minimum atomic E-state index is -1.01. The number of rotatable bonds is 6. The predicted molar refractivity (Wildman–Crippen MR) is 88.9 cm³/mol. The summed E-state index contributed by atoms with van der Waals surface area (Å²) >= 11 is 0. The van der Waals surface area contributed by atoms with Crippen LogP contribution in [0.2, 0.25) is 0 Å². The van der Waals surface area contributed by atoms with Crippen LogP contribution in [0, 0.1) is 5.92 Å². The Labute approximate surface area is 141 Å². The highest BCUT2D eigenvalue weighted by Crippen LogP contribution is 2.20. The Hall–Kier alpha value is -2.63. The van der Waals surface area contributed by atoms with Gasteiger partial charge in [0.05, 0.1) is 6.42 Å². The minimum Gasteiger partial charge on any atom is -0.453 e. The van der Waals surface area contributed by atoms with E-state index in [1.807, 2.05) is 42.5 Å². The van der Waals surface area contributed by atoms with Gasteiger partial charge >= 0.3 is 12.0 Å². The summed E-state index contributed by atoms with van der Waals surface area (Å²) in [6.07, 6.45) is 5.17. The van der Waals surface area contributed by atoms with Gasteiger partial charge in [0, 0.05) is 6.54 Å². The summed E-state index contributed by atoms with van der Waals surface area (Å²) in [5, 5.41) is 4.75. The Bertz CT molecular complexity index is 613. The number of carbonyl (C=O) groups excluding carboxylic acids is 3. The van der Waals surface area contributed by atoms with E-state index in [-0.39, 0.29) is 12.3 Å². The molecule has 0 fully saturated rings. The summed E-state index contributed by atoms with van der Waals surface area (Å²) in [7, 11) is 0. The molecule has 24 heavy (non-hydrogen) atoms. The zero-order valence-electron chi connectivity index (χ0n) is 13.7. The molecule has 0 heterocycles. The quantitative estimate of drug-likeness (QED) is 0.619. The second-order valence-electron chi connectivity index (χ2n) is 5.76. The average molecular weight is 330 g/mol. The normalized spacial score (nSPS) is 17.1. The zero-order valence-corrected chi connectivity index (χ0v) is 13.7. The van der Waals surface area contributed by atoms with Gasteiger partial charge in [0.15, 0.2) is 6.10 Å². The lowest BCUT2D eigenvalue weighted by Crippen LogP contribution is -2.44. The SMILES string of the molecule is C[C@H](OC(=O)C[C@@H]1C=CCC1)C(=O)NC(=O)NCc1ccccc1. The van der Waals surface area contributed by atoms with Crippen LogP contribution in [0.5, 0.6) is 0 Å². The number of benzene rings is 1. The van der Waals surface area contributed by atoms with Crippen molar-refractivity contribution in [3.63, 3.8) is 0 Å². The molecule has 6 nitrogen and oxygen atoms in total. The van der Waals surface area contributed by atoms with Gasteiger partial charge in [-0.3, -0.25) is 14.9 Å². The first-order chi connectivity index (χ1) is 11.5. The van der Waals surface area contributed by atoms with Crippen molar-refractivity contribution >= 4 is 17.9 Å². The van der Waals surface area contributed by atoms with Gasteiger partial charge in [-0.1, -0.05) is 42.5 Å². The van der Waals surface area contributed by atoms with Gasteiger partial charge in [-0.25, -0.2) is 4.79 Å². The van der Waals surface area contributed by atoms with E-state index in [4.69, 9.17) is 4.74 Å². The van der Waals surface area contributed by atoms with Crippen LogP contribution in [0.15, 0.2) is 42.5 Å². The summed E-state index contributed by atoms with van der Waals surface area (Å²) in [5.41, 5.74) is 0.921. The highest BCUT2D eigenvalue weighted by atomic mass is 16.5. The Morgan fingerprint density at radius 1 is 1.25 bits per heavy atom. The largest absolute Gasteiger partial charge is 0.453 e. The van der Waals surface area contributed by atoms with E-state index in [0.29, 0.717) is 6.54 Å². The Balaban J connectivity index is 1.69. The van der Waals surface area contributed by atoms with E-state index >= 15 is 0 Å². The number of imide groups is 1. The summed E-state index contributed by atoms with van der Waals surface area (Å²) in [6.45, 7) is 1.75. The lowest BCUT2D eigenvalue weighted by atomic mass is 10.1. The fraction of sp³-hybridized carbons (Fsp3) is 0.389. The summed E-state index contributed by atoms with van der Waals surface area (Å²) < 4.78 is 5.07. The Kier molecular flexibility index (Phi) is 6.54. The molecule has 0 saturated carbocycles. The van der Waals surface area contributed by atoms with E-state index in [2.05, 4.69) is 10.6 Å². The second kappa shape index (κ2) is 8.86. The molecule has 0 spiro atoms. The Morgan fingerprint density at radius 3 is 2.67 bits per heavy atom. The summed E-state index contributed by atoms with van der Waals surface area (Å²) in [5.74, 6) is -0.892. The number of hydrogen-bond donors (Lipinski definition) is 2. The van der Waals surface area contributed by atoms with Crippen LogP contribution in [-0.2, 0) is 20.9 Å². The number of amides is 3. The highest BCUT2D eigenvalue weighted by Gasteiger charge is 2.22. The van der Waals surface area contributed by atoms with Crippen LogP contribution < -0.4 is 10.6 Å². The topological polar surface area (TPSA) is 84.5 Å². The van der Waals surface area contributed by atoms with Crippen molar-refractivity contribution in [2.24, 2.45) is 5.92 Å². The molecule has 3 amide bonds. The molecule has 6 heteroatoms. The lowest BCUT2D eigenvalue weighted by Gasteiger charge is -2.14. The third-order valence-corrected chi connectivity index (χ3v) is 3.75. The number of carbonyl (C=O) groups is 3. The maximum atomic E-state index is 11.9. The molecule has 0 aromatic heterocycles. The van der Waals surface area contributed by atoms with Crippen molar-refractivity contribution in [1.29, 1.82) is 0 Å². The van der Waals surface area contributed by atoms with E-state index < -0.39 is 24.0 Å². The zero-order chi connectivity index (χ0) is 17.4. The third kappa shape index (κ3) is 5.87. The van der Waals surface area contributed by atoms with Gasteiger partial charge in [0.1, 0.15) is 0 Å². The minimum absolute atomic E-state index is 0.182. The van der Waals surface area contributed by atoms with Crippen molar-refractivity contribution in [3.05, 3.63) is 48.0 Å². The van der Waals surface area contributed by atoms with Crippen LogP contribution in [-0.4, -0.2) is 24.0 Å². The van der Waals surface area contributed by atoms with E-state index in [1.165, 1.54) is 6.92 Å². The van der Waals surface area contributed by atoms with Crippen LogP contribution in [0.4, 0.5) is 4.79 Å². The first kappa shape index (κ1) is 17.7. The number of urea groups is 1. The number of nitrogens with one attached hydrogen (secondary N) is 2. The molecule has 0 aliphatic heterocycles. The van der Waals surface area contributed by atoms with Crippen LogP contribution in [0.3, 0.4) is 0 Å². The molecule has 0 saturated heterocycles. The molecular weight excluding hydrogens is 308 g/mol. The number of ether oxygens (including phenoxy) is 1. The van der Waals surface area contributed by atoms with Crippen molar-refractivity contribution < 1.29 is 19.1 Å². The molecule has 1 aliphatic carbocycles. The molecular formula is C18H22N2O4. The maximum absolute atomic E-state index is 11.9. The first-order valence-corrected chi connectivity index (χ1v) is 8.03. The maximum Gasteiger partial charge on any atom is 0.321 e. The fourth-order valence-electron chi connectivity index (χ4n) is 2.41.